The Morgan fingerprint density at radius 3 is 2.92 bits per heavy atom. The van der Waals surface area contributed by atoms with Crippen molar-refractivity contribution in [3.8, 4) is 0 Å². The lowest BCUT2D eigenvalue weighted by Gasteiger charge is -1.87. The normalized spacial score (nSPS) is 19.0. The van der Waals surface area contributed by atoms with E-state index in [1.54, 1.807) is 25.1 Å². The average molecular weight is 177 g/mol. The lowest BCUT2D eigenvalue weighted by Crippen LogP contribution is -1.99. The Morgan fingerprint density at radius 1 is 1.54 bits per heavy atom. The second-order valence-corrected chi connectivity index (χ2v) is 2.57. The van der Waals surface area contributed by atoms with E-state index in [1.807, 2.05) is 0 Å². The summed E-state index contributed by atoms with van der Waals surface area (Å²) in [6.45, 7) is 1.63. The number of esters is 1. The van der Waals surface area contributed by atoms with Gasteiger partial charge in [0.25, 0.3) is 0 Å². The molecule has 1 aliphatic heterocycles. The molecule has 0 atom stereocenters. The second kappa shape index (κ2) is 2.90. The summed E-state index contributed by atoms with van der Waals surface area (Å²) in [5.41, 5.74) is 0.271. The number of nitrogens with zero attached hydrogens (tertiary/aromatic N) is 1. The number of carbonyl (C=O) groups is 1. The first-order valence-electron chi connectivity index (χ1n) is 3.78. The van der Waals surface area contributed by atoms with Gasteiger partial charge < -0.3 is 9.15 Å². The van der Waals surface area contributed by atoms with Gasteiger partial charge in [0.2, 0.25) is 0 Å². The third-order valence-corrected chi connectivity index (χ3v) is 1.55. The summed E-state index contributed by atoms with van der Waals surface area (Å²) < 4.78 is 9.75. The first kappa shape index (κ1) is 7.79. The predicted octanol–water partition coefficient (Wildman–Crippen LogP) is 1.60. The number of hydrogen-bond acceptors (Lipinski definition) is 4. The fourth-order valence-corrected chi connectivity index (χ4v) is 1.02. The summed E-state index contributed by atoms with van der Waals surface area (Å²) in [4.78, 5) is 15.0. The summed E-state index contributed by atoms with van der Waals surface area (Å²) >= 11 is 0. The van der Waals surface area contributed by atoms with Crippen LogP contribution in [0.2, 0.25) is 0 Å². The first-order valence-corrected chi connectivity index (χ1v) is 3.78. The van der Waals surface area contributed by atoms with Crippen LogP contribution in [0.15, 0.2) is 33.5 Å². The molecular weight excluding hydrogens is 170 g/mol. The highest BCUT2D eigenvalue weighted by Crippen LogP contribution is 2.15. The number of cyclic esters (lactones) is 1. The zero-order chi connectivity index (χ0) is 9.26. The van der Waals surface area contributed by atoms with Gasteiger partial charge in [0.15, 0.2) is 11.6 Å². The molecule has 0 unspecified atom stereocenters. The summed E-state index contributed by atoms with van der Waals surface area (Å²) in [5, 5.41) is 0. The molecule has 1 aromatic rings. The van der Waals surface area contributed by atoms with E-state index in [9.17, 15) is 4.79 Å². The molecule has 2 rings (SSSR count). The molecular formula is C9H7NO3. The van der Waals surface area contributed by atoms with Gasteiger partial charge in [-0.3, -0.25) is 0 Å². The van der Waals surface area contributed by atoms with Crippen molar-refractivity contribution in [3.63, 3.8) is 0 Å². The van der Waals surface area contributed by atoms with Gasteiger partial charge in [0.05, 0.1) is 6.26 Å². The predicted molar refractivity (Wildman–Crippen MR) is 45.9 cm³/mol. The van der Waals surface area contributed by atoms with Gasteiger partial charge in [-0.25, -0.2) is 9.79 Å². The van der Waals surface area contributed by atoms with Gasteiger partial charge in [-0.05, 0) is 12.1 Å². The van der Waals surface area contributed by atoms with E-state index in [0.29, 0.717) is 11.7 Å². The van der Waals surface area contributed by atoms with Crippen LogP contribution < -0.4 is 0 Å². The SMILES string of the molecule is CC1=N/C(=C\c2ccco2)C(=O)O1. The molecule has 0 N–H and O–H groups in total. The van der Waals surface area contributed by atoms with E-state index in [-0.39, 0.29) is 5.70 Å². The number of hydrogen-bond donors (Lipinski definition) is 0. The molecule has 0 saturated heterocycles. The Bertz CT molecular complexity index is 387. The molecule has 0 bridgehead atoms. The topological polar surface area (TPSA) is 51.8 Å². The highest BCUT2D eigenvalue weighted by atomic mass is 16.6. The Morgan fingerprint density at radius 2 is 2.38 bits per heavy atom. The highest BCUT2D eigenvalue weighted by molar-refractivity contribution is 6.06. The molecule has 13 heavy (non-hydrogen) atoms. The van der Waals surface area contributed by atoms with Gasteiger partial charge in [-0.1, -0.05) is 0 Å². The van der Waals surface area contributed by atoms with Crippen LogP contribution in [0.25, 0.3) is 6.08 Å². The minimum atomic E-state index is -0.436. The number of rotatable bonds is 1. The maximum Gasteiger partial charge on any atom is 0.363 e. The molecule has 66 valence electrons. The lowest BCUT2D eigenvalue weighted by atomic mass is 10.3. The molecule has 1 aliphatic rings. The number of carbonyl (C=O) groups excluding carboxylic acids is 1. The van der Waals surface area contributed by atoms with Crippen LogP contribution >= 0.6 is 0 Å². The van der Waals surface area contributed by atoms with Crippen LogP contribution in [-0.2, 0) is 9.53 Å². The Labute approximate surface area is 74.5 Å². The van der Waals surface area contributed by atoms with Gasteiger partial charge >= 0.3 is 5.97 Å². The van der Waals surface area contributed by atoms with Gasteiger partial charge in [0.1, 0.15) is 5.76 Å². The van der Waals surface area contributed by atoms with Crippen LogP contribution in [0.5, 0.6) is 0 Å². The summed E-state index contributed by atoms with van der Waals surface area (Å²) in [7, 11) is 0. The van der Waals surface area contributed by atoms with Crippen LogP contribution in [0.1, 0.15) is 12.7 Å². The third kappa shape index (κ3) is 1.51. The standard InChI is InChI=1S/C9H7NO3/c1-6-10-8(9(11)13-6)5-7-3-2-4-12-7/h2-5H,1H3/b8-5-. The maximum atomic E-state index is 11.1. The highest BCUT2D eigenvalue weighted by Gasteiger charge is 2.19. The maximum absolute atomic E-state index is 11.1. The zero-order valence-electron chi connectivity index (χ0n) is 6.98. The van der Waals surface area contributed by atoms with E-state index >= 15 is 0 Å². The molecule has 0 aromatic carbocycles. The molecule has 0 radical (unpaired) electrons. The van der Waals surface area contributed by atoms with Gasteiger partial charge in [0, 0.05) is 13.0 Å². The van der Waals surface area contributed by atoms with E-state index in [4.69, 9.17) is 9.15 Å². The molecule has 0 aliphatic carbocycles. The molecule has 0 saturated carbocycles. The van der Waals surface area contributed by atoms with Crippen molar-refractivity contribution < 1.29 is 13.9 Å². The van der Waals surface area contributed by atoms with Crippen LogP contribution in [-0.4, -0.2) is 11.9 Å². The van der Waals surface area contributed by atoms with Crippen molar-refractivity contribution in [1.82, 2.24) is 0 Å². The average Bonchev–Trinajstić information content (AvgIpc) is 2.63. The number of ether oxygens (including phenoxy) is 1. The molecule has 4 nitrogen and oxygen atoms in total. The molecule has 0 spiro atoms. The lowest BCUT2D eigenvalue weighted by molar-refractivity contribution is -0.130. The molecule has 0 fully saturated rings. The Balaban J connectivity index is 2.31. The quantitative estimate of drug-likeness (QED) is 0.483. The monoisotopic (exact) mass is 177 g/mol. The van der Waals surface area contributed by atoms with Crippen LogP contribution in [0.4, 0.5) is 0 Å². The second-order valence-electron chi connectivity index (χ2n) is 2.57. The summed E-state index contributed by atoms with van der Waals surface area (Å²) in [6.07, 6.45) is 3.07. The fraction of sp³-hybridized carbons (Fsp3) is 0.111. The molecule has 0 amide bonds. The largest absolute Gasteiger partial charge is 0.465 e. The van der Waals surface area contributed by atoms with Gasteiger partial charge in [-0.2, -0.15) is 0 Å². The van der Waals surface area contributed by atoms with Crippen LogP contribution in [0, 0.1) is 0 Å². The zero-order valence-corrected chi connectivity index (χ0v) is 6.98. The van der Waals surface area contributed by atoms with Crippen molar-refractivity contribution in [2.24, 2.45) is 4.99 Å². The molecule has 1 aromatic heterocycles. The van der Waals surface area contributed by atoms with Crippen molar-refractivity contribution in [2.75, 3.05) is 0 Å². The van der Waals surface area contributed by atoms with Crippen molar-refractivity contribution >= 4 is 17.9 Å². The van der Waals surface area contributed by atoms with E-state index in [0.717, 1.165) is 0 Å². The minimum absolute atomic E-state index is 0.271. The first-order chi connectivity index (χ1) is 6.25. The number of aliphatic imine (C=N–C) groups is 1. The Hall–Kier alpha value is -1.84. The van der Waals surface area contributed by atoms with Crippen molar-refractivity contribution in [1.29, 1.82) is 0 Å². The fourth-order valence-electron chi connectivity index (χ4n) is 1.02. The van der Waals surface area contributed by atoms with Crippen molar-refractivity contribution in [2.45, 2.75) is 6.92 Å². The summed E-state index contributed by atoms with van der Waals surface area (Å²) in [5.74, 6) is 0.516. The van der Waals surface area contributed by atoms with E-state index in [1.165, 1.54) is 6.26 Å². The smallest absolute Gasteiger partial charge is 0.363 e. The van der Waals surface area contributed by atoms with E-state index < -0.39 is 5.97 Å². The van der Waals surface area contributed by atoms with E-state index in [2.05, 4.69) is 4.99 Å². The third-order valence-electron chi connectivity index (χ3n) is 1.55. The summed E-state index contributed by atoms with van der Waals surface area (Å²) in [6, 6.07) is 3.48. The minimum Gasteiger partial charge on any atom is -0.465 e. The van der Waals surface area contributed by atoms with Crippen molar-refractivity contribution in [3.05, 3.63) is 29.9 Å². The van der Waals surface area contributed by atoms with Gasteiger partial charge in [-0.15, -0.1) is 0 Å². The van der Waals surface area contributed by atoms with Crippen LogP contribution in [0.3, 0.4) is 0 Å². The number of furan rings is 1. The Kier molecular flexibility index (Phi) is 1.73. The molecule has 4 heteroatoms. The molecule has 2 heterocycles.